The molecule has 1 aromatic rings. The molecule has 1 aromatic carbocycles. The molecule has 0 aliphatic heterocycles. The summed E-state index contributed by atoms with van der Waals surface area (Å²) < 4.78 is 5.35. The zero-order valence-corrected chi connectivity index (χ0v) is 12.8. The zero-order valence-electron chi connectivity index (χ0n) is 12.8. The van der Waals surface area contributed by atoms with Gasteiger partial charge in [-0.2, -0.15) is 0 Å². The van der Waals surface area contributed by atoms with Gasteiger partial charge >= 0.3 is 0 Å². The topological polar surface area (TPSA) is 67.4 Å². The molecule has 0 aliphatic carbocycles. The summed E-state index contributed by atoms with van der Waals surface area (Å²) in [5, 5.41) is 5.60. The lowest BCUT2D eigenvalue weighted by Gasteiger charge is -2.07. The average Bonchev–Trinajstić information content (AvgIpc) is 2.45. The smallest absolute Gasteiger partial charge is 0.224 e. The van der Waals surface area contributed by atoms with E-state index in [0.717, 1.165) is 24.2 Å². The van der Waals surface area contributed by atoms with E-state index in [9.17, 15) is 9.59 Å². The molecule has 0 fully saturated rings. The summed E-state index contributed by atoms with van der Waals surface area (Å²) in [7, 11) is 0. The molecule has 21 heavy (non-hydrogen) atoms. The predicted molar refractivity (Wildman–Crippen MR) is 82.2 cm³/mol. The number of unbranched alkanes of at least 4 members (excludes halogenated alkanes) is 1. The van der Waals surface area contributed by atoms with Gasteiger partial charge in [-0.3, -0.25) is 9.59 Å². The zero-order chi connectivity index (χ0) is 15.5. The molecule has 0 aromatic heterocycles. The Balaban J connectivity index is 2.16. The number of hydrogen-bond donors (Lipinski definition) is 2. The number of ether oxygens (including phenoxy) is 1. The highest BCUT2D eigenvalue weighted by Gasteiger charge is 2.03. The van der Waals surface area contributed by atoms with Crippen molar-refractivity contribution in [1.82, 2.24) is 10.6 Å². The van der Waals surface area contributed by atoms with E-state index in [1.54, 1.807) is 0 Å². The minimum absolute atomic E-state index is 0.0127. The van der Waals surface area contributed by atoms with Crippen LogP contribution in [0.1, 0.15) is 32.3 Å². The molecular weight excluding hydrogens is 268 g/mol. The third kappa shape index (κ3) is 7.97. The summed E-state index contributed by atoms with van der Waals surface area (Å²) in [5.41, 5.74) is 0.967. The lowest BCUT2D eigenvalue weighted by atomic mass is 10.1. The molecule has 0 saturated heterocycles. The Morgan fingerprint density at radius 3 is 2.24 bits per heavy atom. The Morgan fingerprint density at radius 2 is 1.67 bits per heavy atom. The van der Waals surface area contributed by atoms with Crippen molar-refractivity contribution in [3.8, 4) is 5.75 Å². The van der Waals surface area contributed by atoms with Crippen molar-refractivity contribution in [2.45, 2.75) is 33.1 Å². The van der Waals surface area contributed by atoms with Crippen LogP contribution >= 0.6 is 0 Å². The Hall–Kier alpha value is -2.04. The Bertz CT molecular complexity index is 443. The van der Waals surface area contributed by atoms with Crippen LogP contribution in [0, 0.1) is 0 Å². The molecule has 5 nitrogen and oxygen atoms in total. The monoisotopic (exact) mass is 292 g/mol. The minimum Gasteiger partial charge on any atom is -0.494 e. The van der Waals surface area contributed by atoms with Crippen LogP contribution in [0.3, 0.4) is 0 Å². The number of rotatable bonds is 9. The second-order valence-electron chi connectivity index (χ2n) is 4.79. The van der Waals surface area contributed by atoms with Gasteiger partial charge in [-0.15, -0.1) is 0 Å². The van der Waals surface area contributed by atoms with Crippen molar-refractivity contribution in [1.29, 1.82) is 0 Å². The van der Waals surface area contributed by atoms with Crippen LogP contribution in [0.15, 0.2) is 24.3 Å². The van der Waals surface area contributed by atoms with Gasteiger partial charge in [-0.1, -0.05) is 12.1 Å². The molecule has 0 heterocycles. The van der Waals surface area contributed by atoms with E-state index in [-0.39, 0.29) is 11.8 Å². The minimum atomic E-state index is -0.0189. The van der Waals surface area contributed by atoms with Crippen molar-refractivity contribution < 1.29 is 14.3 Å². The molecule has 2 amide bonds. The van der Waals surface area contributed by atoms with Crippen LogP contribution in [-0.2, 0) is 16.0 Å². The van der Waals surface area contributed by atoms with E-state index in [1.165, 1.54) is 6.92 Å². The first kappa shape index (κ1) is 17.0. The largest absolute Gasteiger partial charge is 0.494 e. The van der Waals surface area contributed by atoms with Gasteiger partial charge in [0.1, 0.15) is 5.75 Å². The highest BCUT2D eigenvalue weighted by molar-refractivity contribution is 5.78. The molecule has 116 valence electrons. The second kappa shape index (κ2) is 9.80. The number of amides is 2. The average molecular weight is 292 g/mol. The third-order valence-electron chi connectivity index (χ3n) is 2.90. The van der Waals surface area contributed by atoms with Gasteiger partial charge in [0, 0.05) is 20.0 Å². The normalized spacial score (nSPS) is 10.0. The molecular formula is C16H24N2O3. The molecule has 0 aliphatic rings. The fourth-order valence-corrected chi connectivity index (χ4v) is 1.86. The van der Waals surface area contributed by atoms with Gasteiger partial charge in [0.25, 0.3) is 0 Å². The molecule has 2 N–H and O–H groups in total. The maximum absolute atomic E-state index is 11.8. The van der Waals surface area contributed by atoms with Gasteiger partial charge < -0.3 is 15.4 Å². The summed E-state index contributed by atoms with van der Waals surface area (Å²) in [4.78, 5) is 22.4. The van der Waals surface area contributed by atoms with Crippen LogP contribution in [0.5, 0.6) is 5.75 Å². The van der Waals surface area contributed by atoms with Gasteiger partial charge in [0.15, 0.2) is 0 Å². The van der Waals surface area contributed by atoms with Gasteiger partial charge in [0.2, 0.25) is 11.8 Å². The number of nitrogens with one attached hydrogen (secondary N) is 2. The van der Waals surface area contributed by atoms with E-state index in [2.05, 4.69) is 10.6 Å². The third-order valence-corrected chi connectivity index (χ3v) is 2.90. The predicted octanol–water partition coefficient (Wildman–Crippen LogP) is 1.66. The fourth-order valence-electron chi connectivity index (χ4n) is 1.86. The van der Waals surface area contributed by atoms with Crippen molar-refractivity contribution in [3.05, 3.63) is 29.8 Å². The summed E-state index contributed by atoms with van der Waals surface area (Å²) >= 11 is 0. The Kier molecular flexibility index (Phi) is 7.94. The number of hydrogen-bond acceptors (Lipinski definition) is 3. The van der Waals surface area contributed by atoms with Crippen LogP contribution < -0.4 is 15.4 Å². The molecule has 0 atom stereocenters. The lowest BCUT2D eigenvalue weighted by Crippen LogP contribution is -2.27. The van der Waals surface area contributed by atoms with Gasteiger partial charge in [0.05, 0.1) is 13.0 Å². The Labute approximate surface area is 126 Å². The van der Waals surface area contributed by atoms with Crippen LogP contribution in [0.2, 0.25) is 0 Å². The first-order valence-corrected chi connectivity index (χ1v) is 7.34. The molecule has 0 spiro atoms. The molecule has 1 rings (SSSR count). The van der Waals surface area contributed by atoms with Gasteiger partial charge in [-0.05, 0) is 37.5 Å². The molecule has 5 heteroatoms. The van der Waals surface area contributed by atoms with E-state index in [4.69, 9.17) is 4.74 Å². The van der Waals surface area contributed by atoms with Gasteiger partial charge in [-0.25, -0.2) is 0 Å². The maximum atomic E-state index is 11.8. The molecule has 0 saturated carbocycles. The molecule has 0 unspecified atom stereocenters. The number of carbonyl (C=O) groups excluding carboxylic acids is 2. The van der Waals surface area contributed by atoms with Crippen LogP contribution in [0.4, 0.5) is 0 Å². The molecule has 0 bridgehead atoms. The van der Waals surface area contributed by atoms with Crippen molar-refractivity contribution in [3.63, 3.8) is 0 Å². The fraction of sp³-hybridized carbons (Fsp3) is 0.500. The van der Waals surface area contributed by atoms with Crippen molar-refractivity contribution in [2.75, 3.05) is 19.7 Å². The van der Waals surface area contributed by atoms with E-state index >= 15 is 0 Å². The first-order chi connectivity index (χ1) is 10.1. The summed E-state index contributed by atoms with van der Waals surface area (Å²) in [6, 6.07) is 7.56. The second-order valence-corrected chi connectivity index (χ2v) is 4.79. The van der Waals surface area contributed by atoms with E-state index in [1.807, 2.05) is 31.2 Å². The Morgan fingerprint density at radius 1 is 1.05 bits per heavy atom. The summed E-state index contributed by atoms with van der Waals surface area (Å²) in [6.07, 6.45) is 2.09. The number of carbonyl (C=O) groups is 2. The standard InChI is InChI=1S/C16H24N2O3/c1-3-21-15-8-6-14(7-9-15)12-16(20)18-11-5-4-10-17-13(2)19/h6-9H,3-5,10-12H2,1-2H3,(H,17,19)(H,18,20). The summed E-state index contributed by atoms with van der Waals surface area (Å²) in [6.45, 7) is 5.36. The maximum Gasteiger partial charge on any atom is 0.224 e. The quantitative estimate of drug-likeness (QED) is 0.680. The van der Waals surface area contributed by atoms with Crippen LogP contribution in [-0.4, -0.2) is 31.5 Å². The van der Waals surface area contributed by atoms with E-state index in [0.29, 0.717) is 26.1 Å². The molecule has 0 radical (unpaired) electrons. The van der Waals surface area contributed by atoms with Crippen molar-refractivity contribution in [2.24, 2.45) is 0 Å². The lowest BCUT2D eigenvalue weighted by molar-refractivity contribution is -0.121. The first-order valence-electron chi connectivity index (χ1n) is 7.34. The van der Waals surface area contributed by atoms with Crippen LogP contribution in [0.25, 0.3) is 0 Å². The van der Waals surface area contributed by atoms with Crippen molar-refractivity contribution >= 4 is 11.8 Å². The summed E-state index contributed by atoms with van der Waals surface area (Å²) in [5.74, 6) is 0.813. The number of benzene rings is 1. The van der Waals surface area contributed by atoms with E-state index < -0.39 is 0 Å². The highest BCUT2D eigenvalue weighted by Crippen LogP contribution is 2.12. The SMILES string of the molecule is CCOc1ccc(CC(=O)NCCCCNC(C)=O)cc1. The highest BCUT2D eigenvalue weighted by atomic mass is 16.5.